The molecule has 1 saturated heterocycles. The molecule has 1 aliphatic heterocycles. The van der Waals surface area contributed by atoms with E-state index in [2.05, 4.69) is 26.8 Å². The van der Waals surface area contributed by atoms with Crippen LogP contribution in [0.4, 0.5) is 5.69 Å². The fourth-order valence-electron chi connectivity index (χ4n) is 2.50. The first-order valence-electron chi connectivity index (χ1n) is 7.46. The lowest BCUT2D eigenvalue weighted by molar-refractivity contribution is 0.538. The van der Waals surface area contributed by atoms with Crippen LogP contribution >= 0.6 is 0 Å². The summed E-state index contributed by atoms with van der Waals surface area (Å²) in [5, 5.41) is 3.33. The van der Waals surface area contributed by atoms with E-state index in [1.165, 1.54) is 0 Å². The highest BCUT2D eigenvalue weighted by molar-refractivity contribution is 7.89. The minimum Gasteiger partial charge on any atom is -0.355 e. The van der Waals surface area contributed by atoms with Crippen LogP contribution in [-0.2, 0) is 10.0 Å². The third-order valence-electron chi connectivity index (χ3n) is 3.42. The van der Waals surface area contributed by atoms with Gasteiger partial charge in [0.05, 0.1) is 4.90 Å². The molecule has 1 unspecified atom stereocenters. The van der Waals surface area contributed by atoms with E-state index >= 15 is 0 Å². The number of hydrogen-bond donors (Lipinski definition) is 2. The van der Waals surface area contributed by atoms with Gasteiger partial charge in [0.25, 0.3) is 0 Å². The predicted molar refractivity (Wildman–Crippen MR) is 89.4 cm³/mol. The molecular formula is C16H23N3O2S. The zero-order chi connectivity index (χ0) is 16.2. The van der Waals surface area contributed by atoms with Crippen molar-refractivity contribution < 1.29 is 8.42 Å². The van der Waals surface area contributed by atoms with Crippen LogP contribution in [0.2, 0.25) is 0 Å². The molecule has 1 heterocycles. The van der Waals surface area contributed by atoms with E-state index in [1.807, 2.05) is 19.1 Å². The highest BCUT2D eigenvalue weighted by atomic mass is 32.2. The standard InChI is InChI=1S/C16H23N3O2S/c1-4-5-15-12-17-10-11-19(15)14-6-8-16(9-7-14)22(20,21)18-13(2)3/h6-9,13,15,17-18H,10-12H2,1-3H3. The molecule has 2 N–H and O–H groups in total. The topological polar surface area (TPSA) is 61.4 Å². The first-order chi connectivity index (χ1) is 10.4. The van der Waals surface area contributed by atoms with Crippen LogP contribution in [0.25, 0.3) is 0 Å². The van der Waals surface area contributed by atoms with Gasteiger partial charge in [-0.2, -0.15) is 0 Å². The van der Waals surface area contributed by atoms with E-state index < -0.39 is 10.0 Å². The smallest absolute Gasteiger partial charge is 0.240 e. The maximum absolute atomic E-state index is 12.1. The summed E-state index contributed by atoms with van der Waals surface area (Å²) in [7, 11) is -3.44. The number of rotatable bonds is 4. The van der Waals surface area contributed by atoms with Crippen molar-refractivity contribution in [3.8, 4) is 11.8 Å². The molecular weight excluding hydrogens is 298 g/mol. The second-order valence-corrected chi connectivity index (χ2v) is 7.29. The van der Waals surface area contributed by atoms with Crippen molar-refractivity contribution in [1.29, 1.82) is 0 Å². The molecule has 0 aromatic heterocycles. The Morgan fingerprint density at radius 1 is 1.32 bits per heavy atom. The van der Waals surface area contributed by atoms with Crippen molar-refractivity contribution in [3.63, 3.8) is 0 Å². The highest BCUT2D eigenvalue weighted by Crippen LogP contribution is 2.21. The van der Waals surface area contributed by atoms with Crippen LogP contribution < -0.4 is 14.9 Å². The van der Waals surface area contributed by atoms with Gasteiger partial charge >= 0.3 is 0 Å². The van der Waals surface area contributed by atoms with Crippen LogP contribution in [0.15, 0.2) is 29.2 Å². The molecule has 1 aromatic rings. The van der Waals surface area contributed by atoms with Crippen LogP contribution in [0, 0.1) is 11.8 Å². The van der Waals surface area contributed by atoms with E-state index in [0.717, 1.165) is 25.3 Å². The lowest BCUT2D eigenvalue weighted by Gasteiger charge is -2.35. The Labute approximate surface area is 133 Å². The zero-order valence-corrected chi connectivity index (χ0v) is 14.1. The van der Waals surface area contributed by atoms with Gasteiger partial charge < -0.3 is 10.2 Å². The number of nitrogens with one attached hydrogen (secondary N) is 2. The molecule has 1 fully saturated rings. The van der Waals surface area contributed by atoms with Gasteiger partial charge in [-0.3, -0.25) is 0 Å². The number of benzene rings is 1. The molecule has 1 aliphatic rings. The van der Waals surface area contributed by atoms with E-state index in [0.29, 0.717) is 4.90 Å². The number of piperazine rings is 1. The molecule has 1 aromatic carbocycles. The van der Waals surface area contributed by atoms with Crippen molar-refractivity contribution >= 4 is 15.7 Å². The van der Waals surface area contributed by atoms with Crippen molar-refractivity contribution in [2.24, 2.45) is 0 Å². The number of sulfonamides is 1. The molecule has 0 spiro atoms. The molecule has 0 radical (unpaired) electrons. The van der Waals surface area contributed by atoms with E-state index in [-0.39, 0.29) is 12.1 Å². The summed E-state index contributed by atoms with van der Waals surface area (Å²) in [6.07, 6.45) is 0. The molecule has 0 amide bonds. The predicted octanol–water partition coefficient (Wildman–Crippen LogP) is 1.17. The fraction of sp³-hybridized carbons (Fsp3) is 0.500. The highest BCUT2D eigenvalue weighted by Gasteiger charge is 2.21. The van der Waals surface area contributed by atoms with Crippen molar-refractivity contribution in [2.45, 2.75) is 37.8 Å². The van der Waals surface area contributed by atoms with Crippen molar-refractivity contribution in [3.05, 3.63) is 24.3 Å². The Hall–Kier alpha value is -1.55. The lowest BCUT2D eigenvalue weighted by atomic mass is 10.1. The maximum atomic E-state index is 12.1. The van der Waals surface area contributed by atoms with Gasteiger partial charge in [-0.05, 0) is 45.0 Å². The van der Waals surface area contributed by atoms with Crippen molar-refractivity contribution in [2.75, 3.05) is 24.5 Å². The first kappa shape index (κ1) is 16.8. The summed E-state index contributed by atoms with van der Waals surface area (Å²) >= 11 is 0. The normalized spacial score (nSPS) is 18.9. The Morgan fingerprint density at radius 2 is 2.00 bits per heavy atom. The third kappa shape index (κ3) is 4.01. The van der Waals surface area contributed by atoms with Gasteiger partial charge in [0.2, 0.25) is 10.0 Å². The van der Waals surface area contributed by atoms with Crippen LogP contribution in [0.1, 0.15) is 20.8 Å². The van der Waals surface area contributed by atoms with Gasteiger partial charge in [0, 0.05) is 31.4 Å². The molecule has 120 valence electrons. The molecule has 6 heteroatoms. The summed E-state index contributed by atoms with van der Waals surface area (Å²) < 4.78 is 26.9. The van der Waals surface area contributed by atoms with Crippen molar-refractivity contribution in [1.82, 2.24) is 10.0 Å². The number of nitrogens with zero attached hydrogens (tertiary/aromatic N) is 1. The molecule has 5 nitrogen and oxygen atoms in total. The summed E-state index contributed by atoms with van der Waals surface area (Å²) in [5.74, 6) is 6.14. The maximum Gasteiger partial charge on any atom is 0.240 e. The largest absolute Gasteiger partial charge is 0.355 e. The summed E-state index contributed by atoms with van der Waals surface area (Å²) in [6, 6.07) is 7.00. The second kappa shape index (κ2) is 7.14. The number of anilines is 1. The van der Waals surface area contributed by atoms with Gasteiger partial charge in [-0.15, -0.1) is 5.92 Å². The Kier molecular flexibility index (Phi) is 5.46. The zero-order valence-electron chi connectivity index (χ0n) is 13.3. The van der Waals surface area contributed by atoms with E-state index in [1.54, 1.807) is 26.0 Å². The Morgan fingerprint density at radius 3 is 2.59 bits per heavy atom. The molecule has 0 bridgehead atoms. The average molecular weight is 321 g/mol. The summed E-state index contributed by atoms with van der Waals surface area (Å²) in [6.45, 7) is 8.02. The molecule has 0 aliphatic carbocycles. The summed E-state index contributed by atoms with van der Waals surface area (Å²) in [4.78, 5) is 2.50. The Balaban J connectivity index is 2.22. The summed E-state index contributed by atoms with van der Waals surface area (Å²) in [5.41, 5.74) is 0.998. The van der Waals surface area contributed by atoms with E-state index in [9.17, 15) is 8.42 Å². The molecule has 22 heavy (non-hydrogen) atoms. The minimum absolute atomic E-state index is 0.120. The van der Waals surface area contributed by atoms with Gasteiger partial charge in [-0.1, -0.05) is 5.92 Å². The quantitative estimate of drug-likeness (QED) is 0.818. The Bertz CT molecular complexity index is 657. The second-order valence-electron chi connectivity index (χ2n) is 5.58. The first-order valence-corrected chi connectivity index (χ1v) is 8.94. The molecule has 2 rings (SSSR count). The van der Waals surface area contributed by atoms with Gasteiger partial charge in [-0.25, -0.2) is 13.1 Å². The van der Waals surface area contributed by atoms with Crippen LogP contribution in [0.3, 0.4) is 0 Å². The van der Waals surface area contributed by atoms with E-state index in [4.69, 9.17) is 0 Å². The minimum atomic E-state index is -3.44. The van der Waals surface area contributed by atoms with Gasteiger partial charge in [0.15, 0.2) is 0 Å². The van der Waals surface area contributed by atoms with Gasteiger partial charge in [0.1, 0.15) is 6.04 Å². The lowest BCUT2D eigenvalue weighted by Crippen LogP contribution is -2.50. The SMILES string of the molecule is CC#CC1CNCCN1c1ccc(S(=O)(=O)NC(C)C)cc1. The van der Waals surface area contributed by atoms with Crippen LogP contribution in [0.5, 0.6) is 0 Å². The monoisotopic (exact) mass is 321 g/mol. The third-order valence-corrected chi connectivity index (χ3v) is 5.10. The molecule has 0 saturated carbocycles. The molecule has 1 atom stereocenters. The average Bonchev–Trinajstić information content (AvgIpc) is 2.47. The fourth-order valence-corrected chi connectivity index (χ4v) is 3.76. The van der Waals surface area contributed by atoms with Crippen LogP contribution in [-0.4, -0.2) is 40.1 Å². The number of hydrogen-bond acceptors (Lipinski definition) is 4.